The van der Waals surface area contributed by atoms with Crippen molar-refractivity contribution >= 4 is 39.6 Å². The van der Waals surface area contributed by atoms with Crippen LogP contribution >= 0.6 is 23.5 Å². The molecule has 0 bridgehead atoms. The largest absolute Gasteiger partial charge is 0.310 e. The molecule has 2 rings (SSSR count). The van der Waals surface area contributed by atoms with Gasteiger partial charge in [-0.1, -0.05) is 29.6 Å². The van der Waals surface area contributed by atoms with Crippen LogP contribution in [0.2, 0.25) is 0 Å². The molecule has 1 aromatic rings. The number of aliphatic imine (C=N–C) groups is 1. The second-order valence-corrected chi connectivity index (χ2v) is 6.24. The van der Waals surface area contributed by atoms with Gasteiger partial charge in [-0.2, -0.15) is 0 Å². The average molecular weight is 281 g/mol. The van der Waals surface area contributed by atoms with Gasteiger partial charge in [-0.15, -0.1) is 0 Å². The van der Waals surface area contributed by atoms with E-state index < -0.39 is 0 Å². The Balaban J connectivity index is 1.73. The standard InChI is InChI=1S/C12H15N3OS2/c1-9-3-2-5-13-11(9)15-10(16)4-7-17-12-14-6-8-18-12/h2-3,5H,4,6-8H2,1H3,(H,13,15,16). The highest BCUT2D eigenvalue weighted by Gasteiger charge is 2.09. The minimum absolute atomic E-state index is 0.00731. The lowest BCUT2D eigenvalue weighted by atomic mass is 10.3. The topological polar surface area (TPSA) is 54.4 Å². The summed E-state index contributed by atoms with van der Waals surface area (Å²) < 4.78 is 1.11. The zero-order valence-electron chi connectivity index (χ0n) is 10.2. The van der Waals surface area contributed by atoms with E-state index in [9.17, 15) is 4.79 Å². The number of thioether (sulfide) groups is 2. The van der Waals surface area contributed by atoms with Crippen molar-refractivity contribution in [3.63, 3.8) is 0 Å². The number of aryl methyl sites for hydroxylation is 1. The van der Waals surface area contributed by atoms with E-state index in [0.29, 0.717) is 12.2 Å². The van der Waals surface area contributed by atoms with Crippen LogP contribution in [0.25, 0.3) is 0 Å². The van der Waals surface area contributed by atoms with E-state index in [0.717, 1.165) is 28.0 Å². The zero-order chi connectivity index (χ0) is 12.8. The van der Waals surface area contributed by atoms with Crippen molar-refractivity contribution in [3.8, 4) is 0 Å². The third kappa shape index (κ3) is 4.03. The molecule has 0 saturated heterocycles. The molecule has 96 valence electrons. The van der Waals surface area contributed by atoms with Crippen molar-refractivity contribution in [1.82, 2.24) is 4.98 Å². The maximum atomic E-state index is 11.7. The smallest absolute Gasteiger partial charge is 0.226 e. The molecule has 0 radical (unpaired) electrons. The van der Waals surface area contributed by atoms with Gasteiger partial charge in [0, 0.05) is 24.1 Å². The number of nitrogens with one attached hydrogen (secondary N) is 1. The Morgan fingerprint density at radius 2 is 2.50 bits per heavy atom. The molecule has 2 heterocycles. The molecular weight excluding hydrogens is 266 g/mol. The molecule has 1 amide bonds. The van der Waals surface area contributed by atoms with E-state index in [1.165, 1.54) is 0 Å². The number of amides is 1. The lowest BCUT2D eigenvalue weighted by molar-refractivity contribution is -0.115. The normalized spacial score (nSPS) is 14.4. The van der Waals surface area contributed by atoms with Crippen molar-refractivity contribution in [2.75, 3.05) is 23.4 Å². The van der Waals surface area contributed by atoms with Crippen molar-refractivity contribution in [1.29, 1.82) is 0 Å². The van der Waals surface area contributed by atoms with E-state index in [1.54, 1.807) is 29.7 Å². The highest BCUT2D eigenvalue weighted by atomic mass is 32.2. The summed E-state index contributed by atoms with van der Waals surface area (Å²) in [5, 5.41) is 2.83. The van der Waals surface area contributed by atoms with Crippen molar-refractivity contribution < 1.29 is 4.79 Å². The van der Waals surface area contributed by atoms with E-state index in [4.69, 9.17) is 0 Å². The lowest BCUT2D eigenvalue weighted by Crippen LogP contribution is -2.14. The summed E-state index contributed by atoms with van der Waals surface area (Å²) in [7, 11) is 0. The van der Waals surface area contributed by atoms with Gasteiger partial charge in [0.1, 0.15) is 10.2 Å². The second-order valence-electron chi connectivity index (χ2n) is 3.81. The molecule has 4 nitrogen and oxygen atoms in total. The van der Waals surface area contributed by atoms with Gasteiger partial charge in [0.25, 0.3) is 0 Å². The van der Waals surface area contributed by atoms with Crippen LogP contribution in [0.3, 0.4) is 0 Å². The van der Waals surface area contributed by atoms with Crippen molar-refractivity contribution in [2.45, 2.75) is 13.3 Å². The van der Waals surface area contributed by atoms with Gasteiger partial charge >= 0.3 is 0 Å². The first kappa shape index (κ1) is 13.4. The van der Waals surface area contributed by atoms with Crippen LogP contribution in [0, 0.1) is 6.92 Å². The number of hydrogen-bond donors (Lipinski definition) is 1. The van der Waals surface area contributed by atoms with Crippen molar-refractivity contribution in [3.05, 3.63) is 23.9 Å². The number of aromatic nitrogens is 1. The van der Waals surface area contributed by atoms with E-state index in [-0.39, 0.29) is 5.91 Å². The summed E-state index contributed by atoms with van der Waals surface area (Å²) in [5.41, 5.74) is 0.981. The van der Waals surface area contributed by atoms with Gasteiger partial charge in [0.05, 0.1) is 6.54 Å². The predicted octanol–water partition coefficient (Wildman–Crippen LogP) is 2.55. The highest BCUT2D eigenvalue weighted by Crippen LogP contribution is 2.22. The maximum Gasteiger partial charge on any atom is 0.226 e. The van der Waals surface area contributed by atoms with Crippen LogP contribution in [-0.4, -0.2) is 33.3 Å². The minimum Gasteiger partial charge on any atom is -0.310 e. The summed E-state index contributed by atoms with van der Waals surface area (Å²) in [6.45, 7) is 2.84. The fourth-order valence-corrected chi connectivity index (χ4v) is 3.46. The van der Waals surface area contributed by atoms with Crippen LogP contribution in [0.15, 0.2) is 23.3 Å². The number of hydrogen-bond acceptors (Lipinski definition) is 5. The van der Waals surface area contributed by atoms with Crippen LogP contribution < -0.4 is 5.32 Å². The summed E-state index contributed by atoms with van der Waals surface area (Å²) in [4.78, 5) is 20.2. The average Bonchev–Trinajstić information content (AvgIpc) is 2.85. The third-order valence-corrected chi connectivity index (χ3v) is 4.63. The Bertz CT molecular complexity index is 462. The summed E-state index contributed by atoms with van der Waals surface area (Å²) in [6.07, 6.45) is 2.17. The Kier molecular flexibility index (Phi) is 5.07. The number of nitrogens with zero attached hydrogens (tertiary/aromatic N) is 2. The number of anilines is 1. The molecule has 0 aromatic carbocycles. The second kappa shape index (κ2) is 6.80. The van der Waals surface area contributed by atoms with Crippen LogP contribution in [0.1, 0.15) is 12.0 Å². The van der Waals surface area contributed by atoms with Gasteiger partial charge in [0.2, 0.25) is 5.91 Å². The molecule has 18 heavy (non-hydrogen) atoms. The number of carbonyl (C=O) groups is 1. The van der Waals surface area contributed by atoms with Gasteiger partial charge in [-0.05, 0) is 18.6 Å². The van der Waals surface area contributed by atoms with Crippen LogP contribution in [0.4, 0.5) is 5.82 Å². The lowest BCUT2D eigenvalue weighted by Gasteiger charge is -2.06. The number of carbonyl (C=O) groups excluding carboxylic acids is 1. The summed E-state index contributed by atoms with van der Waals surface area (Å²) >= 11 is 3.43. The first-order valence-corrected chi connectivity index (χ1v) is 7.74. The Labute approximate surface area is 115 Å². The SMILES string of the molecule is Cc1cccnc1NC(=O)CCSC1=NCCS1. The highest BCUT2D eigenvalue weighted by molar-refractivity contribution is 8.39. The Hall–Kier alpha value is -1.01. The monoisotopic (exact) mass is 281 g/mol. The van der Waals surface area contributed by atoms with Gasteiger partial charge in [-0.3, -0.25) is 9.79 Å². The van der Waals surface area contributed by atoms with Crippen LogP contribution in [0.5, 0.6) is 0 Å². The molecular formula is C12H15N3OS2. The Morgan fingerprint density at radius 1 is 1.61 bits per heavy atom. The molecule has 0 atom stereocenters. The van der Waals surface area contributed by atoms with Gasteiger partial charge in [-0.25, -0.2) is 4.98 Å². The quantitative estimate of drug-likeness (QED) is 0.921. The van der Waals surface area contributed by atoms with E-state index >= 15 is 0 Å². The molecule has 1 N–H and O–H groups in total. The minimum atomic E-state index is 0.00731. The van der Waals surface area contributed by atoms with E-state index in [2.05, 4.69) is 15.3 Å². The third-order valence-electron chi connectivity index (χ3n) is 2.38. The molecule has 1 aliphatic heterocycles. The zero-order valence-corrected chi connectivity index (χ0v) is 11.8. The number of pyridine rings is 1. The summed E-state index contributed by atoms with van der Waals surface area (Å²) in [6, 6.07) is 3.79. The number of rotatable bonds is 4. The Morgan fingerprint density at radius 3 is 3.22 bits per heavy atom. The first-order valence-electron chi connectivity index (χ1n) is 5.77. The van der Waals surface area contributed by atoms with Crippen LogP contribution in [-0.2, 0) is 4.79 Å². The molecule has 1 aliphatic rings. The molecule has 6 heteroatoms. The van der Waals surface area contributed by atoms with Gasteiger partial charge < -0.3 is 5.32 Å². The first-order chi connectivity index (χ1) is 8.75. The predicted molar refractivity (Wildman–Crippen MR) is 79.4 cm³/mol. The summed E-state index contributed by atoms with van der Waals surface area (Å²) in [5.74, 6) is 2.50. The molecule has 0 fully saturated rings. The molecule has 0 spiro atoms. The molecule has 1 aromatic heterocycles. The molecule has 0 saturated carbocycles. The fraction of sp³-hybridized carbons (Fsp3) is 0.417. The molecule has 0 unspecified atom stereocenters. The fourth-order valence-electron chi connectivity index (χ4n) is 1.44. The maximum absolute atomic E-state index is 11.7. The van der Waals surface area contributed by atoms with Gasteiger partial charge in [0.15, 0.2) is 0 Å². The van der Waals surface area contributed by atoms with E-state index in [1.807, 2.05) is 19.1 Å². The molecule has 0 aliphatic carbocycles. The van der Waals surface area contributed by atoms with Crippen molar-refractivity contribution in [2.24, 2.45) is 4.99 Å².